The van der Waals surface area contributed by atoms with Gasteiger partial charge in [-0.15, -0.1) is 0 Å². The molecule has 2 unspecified atom stereocenters. The van der Waals surface area contributed by atoms with Crippen LogP contribution < -0.4 is 10.5 Å². The molecule has 226 valence electrons. The lowest BCUT2D eigenvalue weighted by molar-refractivity contribution is -0.136. The second-order valence-electron chi connectivity index (χ2n) is 12.6. The molecule has 2 saturated carbocycles. The Balaban J connectivity index is 1.28. The van der Waals surface area contributed by atoms with E-state index in [4.69, 9.17) is 19.9 Å². The molecule has 4 aromatic rings. The number of nitrogens with two attached hydrogens (primary N) is 1. The average Bonchev–Trinajstić information content (AvgIpc) is 3.63. The van der Waals surface area contributed by atoms with E-state index in [1.54, 1.807) is 30.5 Å². The Kier molecular flexibility index (Phi) is 8.75. The van der Waals surface area contributed by atoms with Crippen molar-refractivity contribution < 1.29 is 23.4 Å². The Labute approximate surface area is 251 Å². The van der Waals surface area contributed by atoms with Crippen molar-refractivity contribution in [1.29, 1.82) is 0 Å². The number of oxazole rings is 1. The van der Waals surface area contributed by atoms with Gasteiger partial charge >= 0.3 is 5.97 Å². The van der Waals surface area contributed by atoms with E-state index < -0.39 is 11.8 Å². The van der Waals surface area contributed by atoms with Crippen molar-refractivity contribution in [1.82, 2.24) is 9.97 Å². The van der Waals surface area contributed by atoms with Gasteiger partial charge in [-0.05, 0) is 85.6 Å². The van der Waals surface area contributed by atoms with Crippen molar-refractivity contribution in [2.24, 2.45) is 29.4 Å². The number of hydrogen-bond acceptors (Lipinski definition) is 6. The number of carbonyl (C=O) groups is 1. The molecular weight excluding hydrogens is 545 g/mol. The number of carboxylic acid groups (broad SMARTS) is 1. The molecule has 0 spiro atoms. The van der Waals surface area contributed by atoms with E-state index in [1.807, 2.05) is 18.2 Å². The first-order chi connectivity index (χ1) is 20.9. The second-order valence-corrected chi connectivity index (χ2v) is 12.6. The first kappa shape index (κ1) is 29.3. The minimum absolute atomic E-state index is 0.0175. The van der Waals surface area contributed by atoms with Crippen molar-refractivity contribution in [3.8, 4) is 16.9 Å². The zero-order valence-electron chi connectivity index (χ0n) is 24.7. The summed E-state index contributed by atoms with van der Waals surface area (Å²) in [5, 5.41) is 9.30. The van der Waals surface area contributed by atoms with Gasteiger partial charge < -0.3 is 20.0 Å². The molecule has 0 bridgehead atoms. The van der Waals surface area contributed by atoms with Crippen molar-refractivity contribution in [3.63, 3.8) is 0 Å². The molecule has 8 heteroatoms. The zero-order valence-corrected chi connectivity index (χ0v) is 24.7. The lowest BCUT2D eigenvalue weighted by Gasteiger charge is -2.30. The number of halogens is 1. The van der Waals surface area contributed by atoms with Crippen LogP contribution in [0.2, 0.25) is 0 Å². The van der Waals surface area contributed by atoms with Crippen LogP contribution in [0.1, 0.15) is 74.6 Å². The summed E-state index contributed by atoms with van der Waals surface area (Å²) >= 11 is 0. The van der Waals surface area contributed by atoms with Gasteiger partial charge in [-0.2, -0.15) is 0 Å². The van der Waals surface area contributed by atoms with Gasteiger partial charge in [0.25, 0.3) is 0 Å². The maximum Gasteiger partial charge on any atom is 0.307 e. The van der Waals surface area contributed by atoms with E-state index in [0.29, 0.717) is 45.3 Å². The first-order valence-electron chi connectivity index (χ1n) is 15.6. The maximum atomic E-state index is 15.5. The van der Waals surface area contributed by atoms with Crippen LogP contribution in [0, 0.1) is 29.5 Å². The van der Waals surface area contributed by atoms with Crippen LogP contribution in [0.15, 0.2) is 53.1 Å². The Hall–Kier alpha value is -3.78. The Morgan fingerprint density at radius 1 is 1.07 bits per heavy atom. The third-order valence-corrected chi connectivity index (χ3v) is 9.52. The highest BCUT2D eigenvalue weighted by molar-refractivity contribution is 5.91. The fraction of sp³-hybridized carbons (Fsp3) is 0.457. The Morgan fingerprint density at radius 3 is 2.65 bits per heavy atom. The first-order valence-corrected chi connectivity index (χ1v) is 15.6. The van der Waals surface area contributed by atoms with Gasteiger partial charge in [0, 0.05) is 35.9 Å². The van der Waals surface area contributed by atoms with Crippen LogP contribution in [0.5, 0.6) is 5.75 Å². The van der Waals surface area contributed by atoms with Crippen LogP contribution in [0.3, 0.4) is 0 Å². The highest BCUT2D eigenvalue weighted by Crippen LogP contribution is 2.44. The monoisotopic (exact) mass is 585 g/mol. The zero-order chi connectivity index (χ0) is 29.9. The molecule has 0 radical (unpaired) electrons. The number of carboxylic acids is 1. The SMILES string of the molecule is CC1CCC(C2CCC(Cc3nc4cc(COc5ccccc5CC(=O)O)cc(-c5ccnc(CN)c5F)c4o3)C2)CC1. The van der Waals surface area contributed by atoms with Crippen molar-refractivity contribution >= 4 is 17.1 Å². The molecule has 2 atom stereocenters. The lowest BCUT2D eigenvalue weighted by atomic mass is 9.75. The predicted molar refractivity (Wildman–Crippen MR) is 163 cm³/mol. The normalized spacial score (nSPS) is 22.2. The predicted octanol–water partition coefficient (Wildman–Crippen LogP) is 7.48. The van der Waals surface area contributed by atoms with Crippen LogP contribution >= 0.6 is 0 Å². The van der Waals surface area contributed by atoms with Gasteiger partial charge in [0.15, 0.2) is 17.3 Å². The minimum Gasteiger partial charge on any atom is -0.489 e. The minimum atomic E-state index is -0.930. The molecule has 2 aromatic heterocycles. The standard InChI is InChI=1S/C35H40FN3O4/c1-21-6-9-24(10-7-21)25-11-8-22(14-25)17-32-39-29-16-23(20-42-31-5-3-2-4-26(31)18-33(40)41)15-28(35(29)43-32)27-12-13-38-30(19-37)34(27)36/h2-5,12-13,15-16,21-22,24-25H,6-11,14,17-20,37H2,1H3,(H,40,41). The third kappa shape index (κ3) is 6.59. The van der Waals surface area contributed by atoms with E-state index in [1.165, 1.54) is 44.9 Å². The molecule has 3 N–H and O–H groups in total. The fourth-order valence-corrected chi connectivity index (χ4v) is 7.19. The molecule has 2 aliphatic rings. The summed E-state index contributed by atoms with van der Waals surface area (Å²) in [6.45, 7) is 2.51. The number of rotatable bonds is 10. The fourth-order valence-electron chi connectivity index (χ4n) is 7.19. The molecule has 2 fully saturated rings. The Morgan fingerprint density at radius 2 is 1.86 bits per heavy atom. The third-order valence-electron chi connectivity index (χ3n) is 9.52. The summed E-state index contributed by atoms with van der Waals surface area (Å²) in [5.74, 6) is 2.82. The summed E-state index contributed by atoms with van der Waals surface area (Å²) < 4.78 is 28.0. The van der Waals surface area contributed by atoms with Crippen LogP contribution in [0.4, 0.5) is 4.39 Å². The molecule has 0 aliphatic heterocycles. The van der Waals surface area contributed by atoms with E-state index >= 15 is 4.39 Å². The van der Waals surface area contributed by atoms with Gasteiger partial charge in [-0.3, -0.25) is 9.78 Å². The van der Waals surface area contributed by atoms with Gasteiger partial charge in [0.1, 0.15) is 17.9 Å². The van der Waals surface area contributed by atoms with Gasteiger partial charge in [0.05, 0.1) is 12.1 Å². The van der Waals surface area contributed by atoms with Gasteiger partial charge in [-0.25, -0.2) is 9.37 Å². The summed E-state index contributed by atoms with van der Waals surface area (Å²) in [6.07, 6.45) is 11.3. The molecule has 2 heterocycles. The average molecular weight is 586 g/mol. The van der Waals surface area contributed by atoms with Crippen molar-refractivity contribution in [2.75, 3.05) is 0 Å². The van der Waals surface area contributed by atoms with Gasteiger partial charge in [-0.1, -0.05) is 38.0 Å². The van der Waals surface area contributed by atoms with E-state index in [0.717, 1.165) is 29.7 Å². The number of benzene rings is 2. The second kappa shape index (κ2) is 12.8. The van der Waals surface area contributed by atoms with Crippen molar-refractivity contribution in [2.45, 2.75) is 77.9 Å². The number of nitrogens with zero attached hydrogens (tertiary/aromatic N) is 2. The highest BCUT2D eigenvalue weighted by atomic mass is 19.1. The van der Waals surface area contributed by atoms with E-state index in [2.05, 4.69) is 11.9 Å². The number of fused-ring (bicyclic) bond motifs is 1. The van der Waals surface area contributed by atoms with Crippen LogP contribution in [0.25, 0.3) is 22.2 Å². The quantitative estimate of drug-likeness (QED) is 0.198. The number of ether oxygens (including phenoxy) is 1. The number of pyridine rings is 1. The summed E-state index contributed by atoms with van der Waals surface area (Å²) in [4.78, 5) is 20.3. The number of aromatic nitrogens is 2. The number of para-hydroxylation sites is 1. The maximum absolute atomic E-state index is 15.5. The molecule has 0 saturated heterocycles. The molecule has 2 aliphatic carbocycles. The molecular formula is C35H40FN3O4. The largest absolute Gasteiger partial charge is 0.489 e. The molecule has 2 aromatic carbocycles. The summed E-state index contributed by atoms with van der Waals surface area (Å²) in [7, 11) is 0. The highest BCUT2D eigenvalue weighted by Gasteiger charge is 2.33. The van der Waals surface area contributed by atoms with Crippen molar-refractivity contribution in [3.05, 3.63) is 77.2 Å². The number of hydrogen-bond donors (Lipinski definition) is 2. The molecule has 7 nitrogen and oxygen atoms in total. The summed E-state index contributed by atoms with van der Waals surface area (Å²) in [5.41, 5.74) is 9.41. The number of aliphatic carboxylic acids is 1. The van der Waals surface area contributed by atoms with E-state index in [-0.39, 0.29) is 25.3 Å². The molecule has 0 amide bonds. The van der Waals surface area contributed by atoms with Crippen LogP contribution in [-0.2, 0) is 30.8 Å². The topological polar surface area (TPSA) is 111 Å². The van der Waals surface area contributed by atoms with E-state index in [9.17, 15) is 9.90 Å². The molecule has 43 heavy (non-hydrogen) atoms. The Bertz CT molecular complexity index is 1590. The molecule has 6 rings (SSSR count). The lowest BCUT2D eigenvalue weighted by Crippen LogP contribution is -2.19. The van der Waals surface area contributed by atoms with Gasteiger partial charge in [0.2, 0.25) is 0 Å². The summed E-state index contributed by atoms with van der Waals surface area (Å²) in [6, 6.07) is 12.5. The van der Waals surface area contributed by atoms with Crippen LogP contribution in [-0.4, -0.2) is 21.0 Å². The smallest absolute Gasteiger partial charge is 0.307 e.